The van der Waals surface area contributed by atoms with E-state index in [9.17, 15) is 18.3 Å². The Morgan fingerprint density at radius 1 is 1.31 bits per heavy atom. The van der Waals surface area contributed by atoms with Gasteiger partial charge in [-0.1, -0.05) is 6.07 Å². The minimum Gasteiger partial charge on any atom is -0.388 e. The maximum Gasteiger partial charge on any atom is 0.433 e. The molecule has 0 aliphatic carbocycles. The topological polar surface area (TPSA) is 59.1 Å². The first-order valence-electron chi connectivity index (χ1n) is 4.63. The Bertz CT molecular complexity index is 354. The molecular weight excluding hydrogens is 221 g/mol. The van der Waals surface area contributed by atoms with Crippen LogP contribution in [-0.4, -0.2) is 15.7 Å². The number of aromatic nitrogens is 1. The number of nitrogens with two attached hydrogens (primary N) is 1. The second-order valence-corrected chi connectivity index (χ2v) is 4.11. The van der Waals surface area contributed by atoms with Crippen LogP contribution >= 0.6 is 0 Å². The van der Waals surface area contributed by atoms with Crippen molar-refractivity contribution in [3.8, 4) is 0 Å². The van der Waals surface area contributed by atoms with Crippen molar-refractivity contribution < 1.29 is 18.3 Å². The summed E-state index contributed by atoms with van der Waals surface area (Å²) in [4.78, 5) is 3.27. The van der Waals surface area contributed by atoms with E-state index in [1.165, 1.54) is 19.9 Å². The molecule has 3 nitrogen and oxygen atoms in total. The molecule has 3 N–H and O–H groups in total. The summed E-state index contributed by atoms with van der Waals surface area (Å²) in [5.41, 5.74) is 3.84. The lowest BCUT2D eigenvalue weighted by Crippen LogP contribution is -2.35. The number of pyridine rings is 1. The Morgan fingerprint density at radius 2 is 1.88 bits per heavy atom. The highest BCUT2D eigenvalue weighted by molar-refractivity contribution is 5.21. The number of halogens is 3. The Kier molecular flexibility index (Phi) is 3.25. The molecule has 0 spiro atoms. The SMILES string of the molecule is CC(C)(O)C(N)c1ccc(C(F)(F)F)nc1. The molecule has 16 heavy (non-hydrogen) atoms. The van der Waals surface area contributed by atoms with Gasteiger partial charge in [0.1, 0.15) is 5.69 Å². The molecule has 0 bridgehead atoms. The summed E-state index contributed by atoms with van der Waals surface area (Å²) in [6.45, 7) is 2.96. The van der Waals surface area contributed by atoms with Gasteiger partial charge in [0.15, 0.2) is 0 Å². The maximum absolute atomic E-state index is 12.2. The Labute approximate surface area is 91.1 Å². The van der Waals surface area contributed by atoms with Gasteiger partial charge in [0.25, 0.3) is 0 Å². The average Bonchev–Trinajstić information content (AvgIpc) is 2.14. The van der Waals surface area contributed by atoms with Gasteiger partial charge in [-0.2, -0.15) is 13.2 Å². The fourth-order valence-electron chi connectivity index (χ4n) is 1.16. The second kappa shape index (κ2) is 4.03. The van der Waals surface area contributed by atoms with Gasteiger partial charge in [-0.15, -0.1) is 0 Å². The van der Waals surface area contributed by atoms with Crippen molar-refractivity contribution in [2.24, 2.45) is 5.73 Å². The number of alkyl halides is 3. The Hall–Kier alpha value is -1.14. The highest BCUT2D eigenvalue weighted by atomic mass is 19.4. The van der Waals surface area contributed by atoms with Crippen LogP contribution in [0.1, 0.15) is 31.1 Å². The van der Waals surface area contributed by atoms with E-state index < -0.39 is 23.5 Å². The molecule has 1 unspecified atom stereocenters. The van der Waals surface area contributed by atoms with Crippen LogP contribution < -0.4 is 5.73 Å². The summed E-state index contributed by atoms with van der Waals surface area (Å²) in [7, 11) is 0. The fraction of sp³-hybridized carbons (Fsp3) is 0.500. The van der Waals surface area contributed by atoms with Crippen LogP contribution in [0.2, 0.25) is 0 Å². The van der Waals surface area contributed by atoms with Gasteiger partial charge in [-0.25, -0.2) is 0 Å². The largest absolute Gasteiger partial charge is 0.433 e. The van der Waals surface area contributed by atoms with E-state index in [-0.39, 0.29) is 0 Å². The Balaban J connectivity index is 2.96. The zero-order valence-corrected chi connectivity index (χ0v) is 8.92. The fourth-order valence-corrected chi connectivity index (χ4v) is 1.16. The van der Waals surface area contributed by atoms with Crippen molar-refractivity contribution in [3.05, 3.63) is 29.6 Å². The van der Waals surface area contributed by atoms with Crippen molar-refractivity contribution in [1.82, 2.24) is 4.98 Å². The van der Waals surface area contributed by atoms with Crippen molar-refractivity contribution in [2.75, 3.05) is 0 Å². The number of aliphatic hydroxyl groups is 1. The lowest BCUT2D eigenvalue weighted by molar-refractivity contribution is -0.141. The molecule has 6 heteroatoms. The van der Waals surface area contributed by atoms with Gasteiger partial charge in [0.05, 0.1) is 11.6 Å². The van der Waals surface area contributed by atoms with Crippen LogP contribution in [0.4, 0.5) is 13.2 Å². The Morgan fingerprint density at radius 3 is 2.19 bits per heavy atom. The van der Waals surface area contributed by atoms with Gasteiger partial charge in [0, 0.05) is 6.20 Å². The predicted octanol–water partition coefficient (Wildman–Crippen LogP) is 1.87. The average molecular weight is 234 g/mol. The first-order valence-corrected chi connectivity index (χ1v) is 4.63. The molecule has 0 aliphatic rings. The number of hydrogen-bond acceptors (Lipinski definition) is 3. The van der Waals surface area contributed by atoms with Crippen LogP contribution in [0.15, 0.2) is 18.3 Å². The smallest absolute Gasteiger partial charge is 0.388 e. The van der Waals surface area contributed by atoms with Crippen LogP contribution in [0.25, 0.3) is 0 Å². The predicted molar refractivity (Wildman–Crippen MR) is 52.5 cm³/mol. The van der Waals surface area contributed by atoms with Gasteiger partial charge < -0.3 is 10.8 Å². The maximum atomic E-state index is 12.2. The highest BCUT2D eigenvalue weighted by Gasteiger charge is 2.33. The van der Waals surface area contributed by atoms with E-state index >= 15 is 0 Å². The summed E-state index contributed by atoms with van der Waals surface area (Å²) in [6, 6.07) is 1.29. The van der Waals surface area contributed by atoms with Gasteiger partial charge in [-0.3, -0.25) is 4.98 Å². The lowest BCUT2D eigenvalue weighted by Gasteiger charge is -2.25. The van der Waals surface area contributed by atoms with Gasteiger partial charge in [0.2, 0.25) is 0 Å². The molecule has 90 valence electrons. The third-order valence-electron chi connectivity index (χ3n) is 2.20. The summed E-state index contributed by atoms with van der Waals surface area (Å²) in [5, 5.41) is 9.59. The number of hydrogen-bond donors (Lipinski definition) is 2. The van der Waals surface area contributed by atoms with E-state index in [1.807, 2.05) is 0 Å². The van der Waals surface area contributed by atoms with Gasteiger partial charge >= 0.3 is 6.18 Å². The normalized spacial score (nSPS) is 14.9. The molecule has 0 aromatic carbocycles. The molecule has 1 atom stereocenters. The molecule has 0 saturated heterocycles. The number of rotatable bonds is 2. The minimum absolute atomic E-state index is 0.362. The molecule has 0 amide bonds. The van der Waals surface area contributed by atoms with E-state index in [0.29, 0.717) is 5.56 Å². The molecule has 1 heterocycles. The minimum atomic E-state index is -4.46. The third-order valence-corrected chi connectivity index (χ3v) is 2.20. The highest BCUT2D eigenvalue weighted by Crippen LogP contribution is 2.29. The van der Waals surface area contributed by atoms with Crippen LogP contribution in [0, 0.1) is 0 Å². The summed E-state index contributed by atoms with van der Waals surface area (Å²) in [5.74, 6) is 0. The molecular formula is C10H13F3N2O. The van der Waals surface area contributed by atoms with Crippen LogP contribution in [0.5, 0.6) is 0 Å². The van der Waals surface area contributed by atoms with E-state index in [1.54, 1.807) is 0 Å². The zero-order chi connectivity index (χ0) is 12.6. The zero-order valence-electron chi connectivity index (χ0n) is 8.92. The van der Waals surface area contributed by atoms with Crippen molar-refractivity contribution in [2.45, 2.75) is 31.7 Å². The molecule has 1 rings (SSSR count). The van der Waals surface area contributed by atoms with Gasteiger partial charge in [-0.05, 0) is 25.5 Å². The first-order chi connectivity index (χ1) is 7.12. The van der Waals surface area contributed by atoms with Crippen molar-refractivity contribution in [1.29, 1.82) is 0 Å². The quantitative estimate of drug-likeness (QED) is 0.821. The van der Waals surface area contributed by atoms with Crippen LogP contribution in [0.3, 0.4) is 0 Å². The summed E-state index contributed by atoms with van der Waals surface area (Å²) < 4.78 is 36.6. The van der Waals surface area contributed by atoms with Crippen molar-refractivity contribution in [3.63, 3.8) is 0 Å². The molecule has 0 saturated carbocycles. The summed E-state index contributed by atoms with van der Waals surface area (Å²) in [6.07, 6.45) is -3.43. The molecule has 1 aromatic heterocycles. The van der Waals surface area contributed by atoms with E-state index in [2.05, 4.69) is 4.98 Å². The summed E-state index contributed by atoms with van der Waals surface area (Å²) >= 11 is 0. The third kappa shape index (κ3) is 2.93. The molecule has 0 fully saturated rings. The lowest BCUT2D eigenvalue weighted by atomic mass is 9.94. The standard InChI is InChI=1S/C10H13F3N2O/c1-9(2,16)8(14)6-3-4-7(15-5-6)10(11,12)13/h3-5,8,16H,14H2,1-2H3. The second-order valence-electron chi connectivity index (χ2n) is 4.11. The number of nitrogens with zero attached hydrogens (tertiary/aromatic N) is 1. The molecule has 1 aromatic rings. The van der Waals surface area contributed by atoms with Crippen LogP contribution in [-0.2, 0) is 6.18 Å². The monoisotopic (exact) mass is 234 g/mol. The molecule has 0 radical (unpaired) electrons. The van der Waals surface area contributed by atoms with E-state index in [4.69, 9.17) is 5.73 Å². The van der Waals surface area contributed by atoms with Crippen molar-refractivity contribution >= 4 is 0 Å². The first kappa shape index (κ1) is 12.9. The molecule has 0 aliphatic heterocycles. The van der Waals surface area contributed by atoms with E-state index in [0.717, 1.165) is 12.3 Å².